The van der Waals surface area contributed by atoms with E-state index in [2.05, 4.69) is 243 Å². The zero-order valence-electron chi connectivity index (χ0n) is 37.0. The average molecular weight is 844 g/mol. The number of fused-ring (bicyclic) bond motifs is 8. The molecular formula is C64H45NO. The Morgan fingerprint density at radius 3 is 1.74 bits per heavy atom. The molecule has 0 atom stereocenters. The molecule has 1 aromatic heterocycles. The van der Waals surface area contributed by atoms with Gasteiger partial charge in [0.15, 0.2) is 0 Å². The van der Waals surface area contributed by atoms with Crippen molar-refractivity contribution >= 4 is 38.9 Å². The summed E-state index contributed by atoms with van der Waals surface area (Å²) in [5.74, 6) is 0. The van der Waals surface area contributed by atoms with Crippen LogP contribution in [0.25, 0.3) is 60.9 Å². The Morgan fingerprint density at radius 1 is 0.515 bits per heavy atom. The Balaban J connectivity index is 1.10. The van der Waals surface area contributed by atoms with Crippen LogP contribution in [0.1, 0.15) is 60.1 Å². The summed E-state index contributed by atoms with van der Waals surface area (Å²) in [6, 6.07) is 82.3. The topological polar surface area (TPSA) is 16.4 Å². The molecule has 0 saturated heterocycles. The number of hydrogen-bond acceptors (Lipinski definition) is 2. The molecule has 3 aliphatic carbocycles. The lowest BCUT2D eigenvalue weighted by atomic mass is 9.67. The lowest BCUT2D eigenvalue weighted by Crippen LogP contribution is -2.28. The number of anilines is 2. The molecule has 0 aliphatic heterocycles. The van der Waals surface area contributed by atoms with Crippen molar-refractivity contribution in [1.29, 1.82) is 0 Å². The van der Waals surface area contributed by atoms with Crippen molar-refractivity contribution in [3.63, 3.8) is 0 Å². The molecule has 0 spiro atoms. The van der Waals surface area contributed by atoms with E-state index in [1.165, 1.54) is 66.9 Å². The molecule has 0 saturated carbocycles. The highest BCUT2D eigenvalue weighted by Crippen LogP contribution is 2.58. The second-order valence-corrected chi connectivity index (χ2v) is 18.5. The summed E-state index contributed by atoms with van der Waals surface area (Å²) in [4.78, 5) is 2.53. The Labute approximate surface area is 386 Å². The first-order valence-electron chi connectivity index (χ1n) is 23.1. The third kappa shape index (κ3) is 5.57. The van der Waals surface area contributed by atoms with Gasteiger partial charge >= 0.3 is 0 Å². The molecular weight excluding hydrogens is 799 g/mol. The van der Waals surface area contributed by atoms with Gasteiger partial charge in [-0.2, -0.15) is 0 Å². The van der Waals surface area contributed by atoms with E-state index in [0.717, 1.165) is 62.8 Å². The standard InChI is InChI=1S/C64H45NO/c1-63(2)54-30-15-12-26-49(54)52-37-36-47(41-58(52)63)65(48-39-44(42-20-6-3-7-21-42)38-45(40-48)43-22-8-4-9-23-43)59-34-19-35-60-61(59)53-29-18-33-57(62(53)66-60)64(46-24-10-5-11-25-46)55-31-16-13-27-50(55)51-28-14-17-32-56(51)64/h3-17,19-28,30-35,38-41H,36-37H2,1-2H3. The summed E-state index contributed by atoms with van der Waals surface area (Å²) < 4.78 is 7.31. The van der Waals surface area contributed by atoms with E-state index >= 15 is 0 Å². The van der Waals surface area contributed by atoms with E-state index in [1.807, 2.05) is 0 Å². The Bertz CT molecular complexity index is 3510. The third-order valence-electron chi connectivity index (χ3n) is 14.7. The summed E-state index contributed by atoms with van der Waals surface area (Å²) in [6.45, 7) is 4.78. The minimum Gasteiger partial charge on any atom is -0.455 e. The number of furan rings is 1. The molecule has 3 aliphatic rings. The molecule has 0 unspecified atom stereocenters. The highest BCUT2D eigenvalue weighted by molar-refractivity contribution is 6.14. The molecule has 2 heteroatoms. The van der Waals surface area contributed by atoms with Crippen LogP contribution in [0.5, 0.6) is 0 Å². The lowest BCUT2D eigenvalue weighted by Gasteiger charge is -2.33. The minimum atomic E-state index is -0.654. The van der Waals surface area contributed by atoms with E-state index in [0.29, 0.717) is 0 Å². The smallest absolute Gasteiger partial charge is 0.149 e. The quantitative estimate of drug-likeness (QED) is 0.159. The van der Waals surface area contributed by atoms with Crippen LogP contribution in [0.15, 0.2) is 228 Å². The zero-order valence-corrected chi connectivity index (χ0v) is 37.0. The third-order valence-corrected chi connectivity index (χ3v) is 14.7. The maximum atomic E-state index is 7.31. The number of allylic oxidation sites excluding steroid dienone is 4. The number of nitrogens with zero attached hydrogens (tertiary/aromatic N) is 1. The van der Waals surface area contributed by atoms with Crippen LogP contribution in [0.4, 0.5) is 11.4 Å². The van der Waals surface area contributed by atoms with Crippen molar-refractivity contribution in [3.05, 3.63) is 269 Å². The summed E-state index contributed by atoms with van der Waals surface area (Å²) in [5.41, 5.74) is 21.8. The first-order chi connectivity index (χ1) is 32.5. The van der Waals surface area contributed by atoms with Crippen molar-refractivity contribution < 1.29 is 4.42 Å². The largest absolute Gasteiger partial charge is 0.455 e. The molecule has 0 bridgehead atoms. The first-order valence-corrected chi connectivity index (χ1v) is 23.1. The van der Waals surface area contributed by atoms with Crippen molar-refractivity contribution in [2.45, 2.75) is 37.5 Å². The lowest BCUT2D eigenvalue weighted by molar-refractivity contribution is 0.647. The summed E-state index contributed by atoms with van der Waals surface area (Å²) in [6.07, 6.45) is 4.33. The second-order valence-electron chi connectivity index (χ2n) is 18.5. The predicted molar refractivity (Wildman–Crippen MR) is 272 cm³/mol. The molecule has 0 fully saturated rings. The van der Waals surface area contributed by atoms with Crippen molar-refractivity contribution in [1.82, 2.24) is 0 Å². The monoisotopic (exact) mass is 843 g/mol. The van der Waals surface area contributed by atoms with Crippen LogP contribution in [0, 0.1) is 12.1 Å². The fraction of sp³-hybridized carbons (Fsp3) is 0.0938. The summed E-state index contributed by atoms with van der Waals surface area (Å²) >= 11 is 0. The second kappa shape index (κ2) is 14.7. The summed E-state index contributed by atoms with van der Waals surface area (Å²) in [5, 5.41) is 1.95. The van der Waals surface area contributed by atoms with Gasteiger partial charge < -0.3 is 9.32 Å². The zero-order chi connectivity index (χ0) is 44.0. The van der Waals surface area contributed by atoms with E-state index in [4.69, 9.17) is 4.42 Å². The van der Waals surface area contributed by atoms with Crippen molar-refractivity contribution in [2.75, 3.05) is 4.90 Å². The van der Waals surface area contributed by atoms with Gasteiger partial charge in [0.25, 0.3) is 0 Å². The number of rotatable bonds is 7. The molecule has 13 rings (SSSR count). The minimum absolute atomic E-state index is 0.143. The molecule has 0 N–H and O–H groups in total. The van der Waals surface area contributed by atoms with Gasteiger partial charge in [0.2, 0.25) is 0 Å². The average Bonchev–Trinajstić information content (AvgIpc) is 3.99. The molecule has 2 nitrogen and oxygen atoms in total. The highest BCUT2D eigenvalue weighted by Gasteiger charge is 2.48. The van der Waals surface area contributed by atoms with E-state index in [1.54, 1.807) is 0 Å². The molecule has 0 amide bonds. The van der Waals surface area contributed by atoms with Gasteiger partial charge in [-0.15, -0.1) is 0 Å². The molecule has 9 aromatic carbocycles. The highest BCUT2D eigenvalue weighted by atomic mass is 16.3. The Hall–Kier alpha value is -8.12. The van der Waals surface area contributed by atoms with Crippen LogP contribution in [-0.4, -0.2) is 0 Å². The van der Waals surface area contributed by atoms with Crippen LogP contribution in [0.3, 0.4) is 0 Å². The van der Waals surface area contributed by atoms with Gasteiger partial charge in [0.05, 0.1) is 21.9 Å². The van der Waals surface area contributed by atoms with Gasteiger partial charge in [0.1, 0.15) is 11.2 Å². The van der Waals surface area contributed by atoms with Crippen LogP contribution in [0.2, 0.25) is 0 Å². The SMILES string of the molecule is CC1(C)C2=C(CCC(N(c3cc(-c4ccccc4)cc(-c4ccccc4)c3)c3cccc4oc5c(C6(c7ccccc7)c7ccccc7-c7ccccc76)cc#cc5c34)=C2)c2ccccc21. The van der Waals surface area contributed by atoms with E-state index in [9.17, 15) is 0 Å². The maximum Gasteiger partial charge on any atom is 0.149 e. The first kappa shape index (κ1) is 38.3. The van der Waals surface area contributed by atoms with Gasteiger partial charge in [-0.25, -0.2) is 0 Å². The van der Waals surface area contributed by atoms with Crippen LogP contribution in [-0.2, 0) is 10.8 Å². The fourth-order valence-corrected chi connectivity index (χ4v) is 11.8. The van der Waals surface area contributed by atoms with E-state index < -0.39 is 5.41 Å². The van der Waals surface area contributed by atoms with Gasteiger partial charge in [-0.3, -0.25) is 0 Å². The Kier molecular flexibility index (Phi) is 8.55. The van der Waals surface area contributed by atoms with Gasteiger partial charge in [-0.1, -0.05) is 196 Å². The summed E-state index contributed by atoms with van der Waals surface area (Å²) in [7, 11) is 0. The fourth-order valence-electron chi connectivity index (χ4n) is 11.8. The number of hydrogen-bond donors (Lipinski definition) is 0. The van der Waals surface area contributed by atoms with Gasteiger partial charge in [-0.05, 0) is 128 Å². The number of benzene rings is 8. The Morgan fingerprint density at radius 2 is 1.09 bits per heavy atom. The molecule has 1 heterocycles. The van der Waals surface area contributed by atoms with Gasteiger partial charge in [0, 0.05) is 22.4 Å². The molecule has 66 heavy (non-hydrogen) atoms. The van der Waals surface area contributed by atoms with Crippen molar-refractivity contribution in [2.24, 2.45) is 0 Å². The molecule has 312 valence electrons. The predicted octanol–water partition coefficient (Wildman–Crippen LogP) is 16.4. The normalized spacial score (nSPS) is 15.2. The van der Waals surface area contributed by atoms with Crippen molar-refractivity contribution in [3.8, 4) is 33.4 Å². The molecule has 10 aromatic rings. The maximum absolute atomic E-state index is 7.31. The van der Waals surface area contributed by atoms with Crippen LogP contribution < -0.4 is 4.90 Å². The van der Waals surface area contributed by atoms with Crippen LogP contribution >= 0.6 is 0 Å². The molecule has 0 radical (unpaired) electrons. The van der Waals surface area contributed by atoms with E-state index in [-0.39, 0.29) is 5.41 Å².